The van der Waals surface area contributed by atoms with E-state index in [1.807, 2.05) is 17.8 Å². The molecule has 0 aliphatic rings. The summed E-state index contributed by atoms with van der Waals surface area (Å²) in [5.41, 5.74) is 1.19. The summed E-state index contributed by atoms with van der Waals surface area (Å²) in [7, 11) is 0. The summed E-state index contributed by atoms with van der Waals surface area (Å²) in [6.07, 6.45) is 0. The zero-order chi connectivity index (χ0) is 12.7. The number of nitriles is 1. The summed E-state index contributed by atoms with van der Waals surface area (Å²) in [5, 5.41) is 12.1. The van der Waals surface area contributed by atoms with Gasteiger partial charge in [-0.3, -0.25) is 0 Å². The van der Waals surface area contributed by atoms with Crippen LogP contribution in [0.1, 0.15) is 25.0 Å². The Morgan fingerprint density at radius 1 is 1.47 bits per heavy atom. The van der Waals surface area contributed by atoms with Crippen LogP contribution in [0.15, 0.2) is 18.2 Å². The van der Waals surface area contributed by atoms with Gasteiger partial charge < -0.3 is 5.32 Å². The van der Waals surface area contributed by atoms with Gasteiger partial charge in [0.25, 0.3) is 0 Å². The number of nitrogens with zero attached hydrogens (tertiary/aromatic N) is 1. The van der Waals surface area contributed by atoms with E-state index in [0.29, 0.717) is 18.2 Å². The highest BCUT2D eigenvalue weighted by molar-refractivity contribution is 7.99. The maximum absolute atomic E-state index is 13.2. The Morgan fingerprint density at radius 3 is 2.88 bits per heavy atom. The maximum Gasteiger partial charge on any atom is 0.124 e. The lowest BCUT2D eigenvalue weighted by Crippen LogP contribution is -2.27. The minimum Gasteiger partial charge on any atom is -0.309 e. The molecule has 0 aliphatic carbocycles. The van der Waals surface area contributed by atoms with Gasteiger partial charge in [-0.05, 0) is 36.4 Å². The van der Waals surface area contributed by atoms with E-state index in [9.17, 15) is 4.39 Å². The molecule has 0 radical (unpaired) electrons. The molecule has 1 rings (SSSR count). The molecular formula is C13H17FN2S. The number of halogens is 1. The van der Waals surface area contributed by atoms with Gasteiger partial charge in [-0.15, -0.1) is 0 Å². The first-order chi connectivity index (χ1) is 8.15. The van der Waals surface area contributed by atoms with E-state index in [0.717, 1.165) is 17.1 Å². The summed E-state index contributed by atoms with van der Waals surface area (Å²) < 4.78 is 13.2. The normalized spacial score (nSPS) is 12.1. The third kappa shape index (κ3) is 5.20. The molecule has 92 valence electrons. The van der Waals surface area contributed by atoms with E-state index in [1.54, 1.807) is 6.07 Å². The van der Waals surface area contributed by atoms with E-state index in [2.05, 4.69) is 19.2 Å². The average Bonchev–Trinajstić information content (AvgIpc) is 2.33. The third-order valence-corrected chi connectivity index (χ3v) is 3.46. The Balaban J connectivity index is 2.51. The number of hydrogen-bond donors (Lipinski definition) is 1. The molecule has 0 aliphatic heterocycles. The monoisotopic (exact) mass is 252 g/mol. The Kier molecular flexibility index (Phi) is 6.03. The van der Waals surface area contributed by atoms with Gasteiger partial charge in [-0.25, -0.2) is 4.39 Å². The predicted molar refractivity (Wildman–Crippen MR) is 70.4 cm³/mol. The summed E-state index contributed by atoms with van der Waals surface area (Å²) in [5.74, 6) is 1.79. The van der Waals surface area contributed by atoms with Crippen molar-refractivity contribution in [2.75, 3.05) is 11.5 Å². The molecule has 4 heteroatoms. The zero-order valence-corrected chi connectivity index (χ0v) is 11.0. The van der Waals surface area contributed by atoms with Gasteiger partial charge in [0.15, 0.2) is 0 Å². The van der Waals surface area contributed by atoms with Crippen LogP contribution in [0.25, 0.3) is 0 Å². The summed E-state index contributed by atoms with van der Waals surface area (Å²) >= 11 is 1.87. The number of nitrogens with one attached hydrogen (secondary N) is 1. The molecule has 1 aromatic rings. The van der Waals surface area contributed by atoms with Gasteiger partial charge in [0.05, 0.1) is 11.6 Å². The van der Waals surface area contributed by atoms with Crippen LogP contribution >= 0.6 is 11.8 Å². The highest BCUT2D eigenvalue weighted by atomic mass is 32.2. The topological polar surface area (TPSA) is 35.8 Å². The van der Waals surface area contributed by atoms with Crippen molar-refractivity contribution in [2.45, 2.75) is 26.4 Å². The van der Waals surface area contributed by atoms with Gasteiger partial charge in [0, 0.05) is 18.3 Å². The first-order valence-electron chi connectivity index (χ1n) is 5.66. The average molecular weight is 252 g/mol. The Morgan fingerprint density at radius 2 is 2.24 bits per heavy atom. The fraction of sp³-hybridized carbons (Fsp3) is 0.462. The van der Waals surface area contributed by atoms with Crippen molar-refractivity contribution in [1.82, 2.24) is 5.32 Å². The molecule has 0 heterocycles. The molecule has 0 aromatic heterocycles. The molecule has 17 heavy (non-hydrogen) atoms. The molecule has 2 nitrogen and oxygen atoms in total. The molecule has 0 spiro atoms. The van der Waals surface area contributed by atoms with Gasteiger partial charge >= 0.3 is 0 Å². The van der Waals surface area contributed by atoms with Crippen LogP contribution in [0.5, 0.6) is 0 Å². The van der Waals surface area contributed by atoms with Gasteiger partial charge in [0.1, 0.15) is 5.82 Å². The van der Waals surface area contributed by atoms with Crippen LogP contribution in [0, 0.1) is 17.1 Å². The van der Waals surface area contributed by atoms with Crippen molar-refractivity contribution in [3.63, 3.8) is 0 Å². The summed E-state index contributed by atoms with van der Waals surface area (Å²) in [4.78, 5) is 0. The lowest BCUT2D eigenvalue weighted by Gasteiger charge is -2.13. The minimum atomic E-state index is -0.351. The van der Waals surface area contributed by atoms with E-state index in [1.165, 1.54) is 12.1 Å². The fourth-order valence-electron chi connectivity index (χ4n) is 1.46. The van der Waals surface area contributed by atoms with E-state index in [4.69, 9.17) is 5.26 Å². The molecule has 1 unspecified atom stereocenters. The molecule has 0 saturated carbocycles. The Hall–Kier alpha value is -1.05. The van der Waals surface area contributed by atoms with Gasteiger partial charge in [-0.1, -0.05) is 6.92 Å². The maximum atomic E-state index is 13.2. The first kappa shape index (κ1) is 14.0. The molecule has 0 amide bonds. The lowest BCUT2D eigenvalue weighted by molar-refractivity contribution is 0.587. The van der Waals surface area contributed by atoms with Gasteiger partial charge in [-0.2, -0.15) is 17.0 Å². The minimum absolute atomic E-state index is 0.351. The molecular weight excluding hydrogens is 235 g/mol. The van der Waals surface area contributed by atoms with E-state index in [-0.39, 0.29) is 5.82 Å². The molecule has 1 N–H and O–H groups in total. The first-order valence-corrected chi connectivity index (χ1v) is 6.82. The van der Waals surface area contributed by atoms with Crippen LogP contribution < -0.4 is 5.32 Å². The summed E-state index contributed by atoms with van der Waals surface area (Å²) in [6, 6.07) is 6.78. The highest BCUT2D eigenvalue weighted by Gasteiger charge is 2.03. The van der Waals surface area contributed by atoms with Crippen molar-refractivity contribution in [3.05, 3.63) is 35.1 Å². The van der Waals surface area contributed by atoms with Gasteiger partial charge in [0.2, 0.25) is 0 Å². The number of benzene rings is 1. The van der Waals surface area contributed by atoms with E-state index < -0.39 is 0 Å². The van der Waals surface area contributed by atoms with Crippen molar-refractivity contribution in [3.8, 4) is 6.07 Å². The van der Waals surface area contributed by atoms with Crippen molar-refractivity contribution in [2.24, 2.45) is 0 Å². The van der Waals surface area contributed by atoms with Crippen LogP contribution in [0.4, 0.5) is 4.39 Å². The number of thioether (sulfide) groups is 1. The standard InChI is InChI=1S/C13H17FN2S/c1-3-17-9-10(2)16-8-12-4-11(7-15)5-13(14)6-12/h4-6,10,16H,3,8-9H2,1-2H3. The third-order valence-electron chi connectivity index (χ3n) is 2.31. The SMILES string of the molecule is CCSCC(C)NCc1cc(F)cc(C#N)c1. The lowest BCUT2D eigenvalue weighted by atomic mass is 10.1. The van der Waals surface area contributed by atoms with Crippen molar-refractivity contribution < 1.29 is 4.39 Å². The Bertz CT molecular complexity index is 401. The molecule has 1 atom stereocenters. The molecule has 0 bridgehead atoms. The van der Waals surface area contributed by atoms with Crippen LogP contribution in [-0.4, -0.2) is 17.5 Å². The number of hydrogen-bond acceptors (Lipinski definition) is 3. The molecule has 0 fully saturated rings. The fourth-order valence-corrected chi connectivity index (χ4v) is 2.17. The largest absolute Gasteiger partial charge is 0.309 e. The number of rotatable bonds is 6. The van der Waals surface area contributed by atoms with Crippen molar-refractivity contribution in [1.29, 1.82) is 5.26 Å². The smallest absolute Gasteiger partial charge is 0.124 e. The zero-order valence-electron chi connectivity index (χ0n) is 10.2. The highest BCUT2D eigenvalue weighted by Crippen LogP contribution is 2.09. The molecule has 0 saturated heterocycles. The second-order valence-electron chi connectivity index (χ2n) is 3.90. The van der Waals surface area contributed by atoms with Crippen molar-refractivity contribution >= 4 is 11.8 Å². The van der Waals surface area contributed by atoms with Crippen LogP contribution in [-0.2, 0) is 6.54 Å². The second-order valence-corrected chi connectivity index (χ2v) is 5.22. The second kappa shape index (κ2) is 7.31. The van der Waals surface area contributed by atoms with E-state index >= 15 is 0 Å². The Labute approximate surface area is 106 Å². The van der Waals surface area contributed by atoms with Crippen LogP contribution in [0.3, 0.4) is 0 Å². The predicted octanol–water partition coefficient (Wildman–Crippen LogP) is 2.93. The quantitative estimate of drug-likeness (QED) is 0.845. The summed E-state index contributed by atoms with van der Waals surface area (Å²) in [6.45, 7) is 4.83. The molecule has 1 aromatic carbocycles. The van der Waals surface area contributed by atoms with Crippen LogP contribution in [0.2, 0.25) is 0 Å².